The van der Waals surface area contributed by atoms with Gasteiger partial charge >= 0.3 is 0 Å². The van der Waals surface area contributed by atoms with Gasteiger partial charge in [0.1, 0.15) is 0 Å². The third-order valence-corrected chi connectivity index (χ3v) is 3.64. The third-order valence-electron chi connectivity index (χ3n) is 2.04. The Labute approximate surface area is 112 Å². The average Bonchev–Trinajstić information content (AvgIpc) is 2.74. The van der Waals surface area contributed by atoms with Gasteiger partial charge in [-0.15, -0.1) is 11.3 Å². The Morgan fingerprint density at radius 2 is 2.00 bits per heavy atom. The van der Waals surface area contributed by atoms with E-state index in [0.29, 0.717) is 6.42 Å². The van der Waals surface area contributed by atoms with Crippen LogP contribution in [-0.2, 0) is 11.2 Å². The molecule has 0 saturated heterocycles. The van der Waals surface area contributed by atoms with Crippen molar-refractivity contribution in [3.05, 3.63) is 50.2 Å². The number of hydrogen-bond donors (Lipinski definition) is 1. The number of nitrogens with one attached hydrogen (secondary N) is 1. The Morgan fingerprint density at radius 3 is 2.62 bits per heavy atom. The zero-order valence-electron chi connectivity index (χ0n) is 8.44. The van der Waals surface area contributed by atoms with Crippen molar-refractivity contribution in [2.45, 2.75) is 6.42 Å². The molecule has 1 heterocycles. The minimum absolute atomic E-state index is 0.0312. The molecule has 0 atom stereocenters. The Morgan fingerprint density at radius 1 is 1.25 bits per heavy atom. The summed E-state index contributed by atoms with van der Waals surface area (Å²) in [6.07, 6.45) is 0.448. The van der Waals surface area contributed by atoms with Crippen molar-refractivity contribution >= 4 is 45.5 Å². The van der Waals surface area contributed by atoms with Crippen LogP contribution in [0.15, 0.2) is 41.8 Å². The molecular weight excluding hydrogens is 333 g/mol. The fourth-order valence-corrected chi connectivity index (χ4v) is 2.37. The summed E-state index contributed by atoms with van der Waals surface area (Å²) in [7, 11) is 0. The number of rotatable bonds is 3. The highest BCUT2D eigenvalue weighted by atomic mass is 127. The molecule has 1 aromatic heterocycles. The van der Waals surface area contributed by atoms with Crippen molar-refractivity contribution < 1.29 is 4.79 Å². The van der Waals surface area contributed by atoms with Gasteiger partial charge in [0.05, 0.1) is 6.42 Å². The minimum Gasteiger partial charge on any atom is -0.326 e. The quantitative estimate of drug-likeness (QED) is 0.849. The fraction of sp³-hybridized carbons (Fsp3) is 0.0833. The zero-order chi connectivity index (χ0) is 11.4. The van der Waals surface area contributed by atoms with Crippen LogP contribution in [0.5, 0.6) is 0 Å². The molecule has 2 aromatic rings. The van der Waals surface area contributed by atoms with Crippen molar-refractivity contribution in [3.8, 4) is 0 Å². The Balaban J connectivity index is 1.95. The van der Waals surface area contributed by atoms with Crippen LogP contribution in [0.1, 0.15) is 4.88 Å². The lowest BCUT2D eigenvalue weighted by Gasteiger charge is -2.03. The molecule has 82 valence electrons. The van der Waals surface area contributed by atoms with Crippen LogP contribution in [0.25, 0.3) is 0 Å². The molecule has 16 heavy (non-hydrogen) atoms. The molecule has 0 bridgehead atoms. The van der Waals surface area contributed by atoms with Crippen molar-refractivity contribution in [3.63, 3.8) is 0 Å². The predicted octanol–water partition coefficient (Wildman–Crippen LogP) is 3.53. The van der Waals surface area contributed by atoms with Crippen LogP contribution in [0.3, 0.4) is 0 Å². The van der Waals surface area contributed by atoms with E-state index in [1.165, 1.54) is 0 Å². The van der Waals surface area contributed by atoms with E-state index >= 15 is 0 Å². The minimum atomic E-state index is 0.0312. The van der Waals surface area contributed by atoms with Gasteiger partial charge in [-0.1, -0.05) is 6.07 Å². The van der Waals surface area contributed by atoms with Gasteiger partial charge in [-0.05, 0) is 58.3 Å². The lowest BCUT2D eigenvalue weighted by atomic mass is 10.3. The summed E-state index contributed by atoms with van der Waals surface area (Å²) in [6.45, 7) is 0. The monoisotopic (exact) mass is 343 g/mol. The first kappa shape index (κ1) is 11.6. The van der Waals surface area contributed by atoms with E-state index in [-0.39, 0.29) is 5.91 Å². The van der Waals surface area contributed by atoms with Gasteiger partial charge < -0.3 is 5.32 Å². The molecule has 0 saturated carbocycles. The van der Waals surface area contributed by atoms with E-state index in [9.17, 15) is 4.79 Å². The van der Waals surface area contributed by atoms with E-state index in [0.717, 1.165) is 14.1 Å². The summed E-state index contributed by atoms with van der Waals surface area (Å²) in [6, 6.07) is 11.7. The molecule has 1 N–H and O–H groups in total. The highest BCUT2D eigenvalue weighted by molar-refractivity contribution is 14.1. The molecular formula is C12H10INOS. The normalized spacial score (nSPS) is 10.1. The highest BCUT2D eigenvalue weighted by Crippen LogP contribution is 2.13. The first-order chi connectivity index (χ1) is 7.74. The third kappa shape index (κ3) is 3.31. The molecule has 1 amide bonds. The number of benzene rings is 1. The number of thiophene rings is 1. The molecule has 0 spiro atoms. The van der Waals surface area contributed by atoms with Crippen molar-refractivity contribution in [2.75, 3.05) is 5.32 Å². The number of carbonyl (C=O) groups excluding carboxylic acids is 1. The van der Waals surface area contributed by atoms with E-state index < -0.39 is 0 Å². The van der Waals surface area contributed by atoms with E-state index in [2.05, 4.69) is 27.9 Å². The van der Waals surface area contributed by atoms with Gasteiger partial charge in [-0.3, -0.25) is 4.79 Å². The standard InChI is InChI=1S/C12H10INOS/c13-9-3-5-10(6-4-9)14-12(15)8-11-2-1-7-16-11/h1-7H,8H2,(H,14,15). The van der Waals surface area contributed by atoms with Crippen LogP contribution < -0.4 is 5.32 Å². The Bertz CT molecular complexity index is 464. The Kier molecular flexibility index (Phi) is 3.95. The Hall–Kier alpha value is -0.880. The van der Waals surface area contributed by atoms with Crippen LogP contribution in [0, 0.1) is 3.57 Å². The molecule has 0 fully saturated rings. The van der Waals surface area contributed by atoms with Crippen LogP contribution in [0.4, 0.5) is 5.69 Å². The largest absolute Gasteiger partial charge is 0.326 e. The topological polar surface area (TPSA) is 29.1 Å². The average molecular weight is 343 g/mol. The number of anilines is 1. The summed E-state index contributed by atoms with van der Waals surface area (Å²) in [5, 5.41) is 4.85. The number of carbonyl (C=O) groups is 1. The van der Waals surface area contributed by atoms with E-state index in [1.54, 1.807) is 11.3 Å². The summed E-state index contributed by atoms with van der Waals surface area (Å²) in [4.78, 5) is 12.7. The van der Waals surface area contributed by atoms with Crippen molar-refractivity contribution in [1.29, 1.82) is 0 Å². The second-order valence-corrected chi connectivity index (χ2v) is 5.59. The lowest BCUT2D eigenvalue weighted by molar-refractivity contribution is -0.115. The molecule has 0 aliphatic rings. The fourth-order valence-electron chi connectivity index (χ4n) is 1.31. The van der Waals surface area contributed by atoms with Gasteiger partial charge in [0.15, 0.2) is 0 Å². The van der Waals surface area contributed by atoms with Crippen molar-refractivity contribution in [2.24, 2.45) is 0 Å². The molecule has 0 unspecified atom stereocenters. The lowest BCUT2D eigenvalue weighted by Crippen LogP contribution is -2.13. The van der Waals surface area contributed by atoms with Crippen LogP contribution >= 0.6 is 33.9 Å². The number of amides is 1. The van der Waals surface area contributed by atoms with E-state index in [4.69, 9.17) is 0 Å². The maximum atomic E-state index is 11.7. The molecule has 0 radical (unpaired) electrons. The second-order valence-electron chi connectivity index (χ2n) is 3.31. The maximum absolute atomic E-state index is 11.7. The smallest absolute Gasteiger partial charge is 0.229 e. The molecule has 2 rings (SSSR count). The SMILES string of the molecule is O=C(Cc1cccs1)Nc1ccc(I)cc1. The molecule has 4 heteroatoms. The maximum Gasteiger partial charge on any atom is 0.229 e. The summed E-state index contributed by atoms with van der Waals surface area (Å²) < 4.78 is 1.16. The number of hydrogen-bond acceptors (Lipinski definition) is 2. The number of halogens is 1. The van der Waals surface area contributed by atoms with Gasteiger partial charge in [0, 0.05) is 14.1 Å². The van der Waals surface area contributed by atoms with E-state index in [1.807, 2.05) is 41.8 Å². The first-order valence-corrected chi connectivity index (χ1v) is 6.78. The molecule has 0 aliphatic heterocycles. The van der Waals surface area contributed by atoms with Crippen LogP contribution in [-0.4, -0.2) is 5.91 Å². The summed E-state index contributed by atoms with van der Waals surface area (Å²) >= 11 is 3.84. The molecule has 0 aliphatic carbocycles. The van der Waals surface area contributed by atoms with Crippen molar-refractivity contribution in [1.82, 2.24) is 0 Å². The second kappa shape index (κ2) is 5.45. The molecule has 2 nitrogen and oxygen atoms in total. The van der Waals surface area contributed by atoms with Gasteiger partial charge in [0.25, 0.3) is 0 Å². The van der Waals surface area contributed by atoms with Crippen LogP contribution in [0.2, 0.25) is 0 Å². The molecule has 1 aromatic carbocycles. The zero-order valence-corrected chi connectivity index (χ0v) is 11.4. The highest BCUT2D eigenvalue weighted by Gasteiger charge is 2.04. The van der Waals surface area contributed by atoms with Gasteiger partial charge in [-0.25, -0.2) is 0 Å². The first-order valence-electron chi connectivity index (χ1n) is 4.82. The van der Waals surface area contributed by atoms with Gasteiger partial charge in [-0.2, -0.15) is 0 Å². The summed E-state index contributed by atoms with van der Waals surface area (Å²) in [5.41, 5.74) is 0.849. The predicted molar refractivity (Wildman–Crippen MR) is 75.8 cm³/mol. The van der Waals surface area contributed by atoms with Gasteiger partial charge in [0.2, 0.25) is 5.91 Å². The summed E-state index contributed by atoms with van der Waals surface area (Å²) in [5.74, 6) is 0.0312.